The summed E-state index contributed by atoms with van der Waals surface area (Å²) in [5.41, 5.74) is 0.901. The zero-order valence-electron chi connectivity index (χ0n) is 14.9. The maximum Gasteiger partial charge on any atom is 0.333 e. The van der Waals surface area contributed by atoms with Crippen LogP contribution in [0, 0.1) is 13.8 Å². The van der Waals surface area contributed by atoms with Gasteiger partial charge in [-0.1, -0.05) is 24.4 Å². The lowest BCUT2D eigenvalue weighted by atomic mass is 10.0. The Balaban J connectivity index is 1.75. The van der Waals surface area contributed by atoms with Crippen molar-refractivity contribution in [3.8, 4) is 0 Å². The third kappa shape index (κ3) is 4.26. The van der Waals surface area contributed by atoms with Crippen molar-refractivity contribution in [1.82, 2.24) is 9.71 Å². The van der Waals surface area contributed by atoms with Crippen molar-refractivity contribution in [1.29, 1.82) is 0 Å². The maximum absolute atomic E-state index is 12.5. The highest BCUT2D eigenvalue weighted by molar-refractivity contribution is 7.92. The van der Waals surface area contributed by atoms with Crippen LogP contribution in [0.3, 0.4) is 0 Å². The first-order valence-electron chi connectivity index (χ1n) is 8.40. The van der Waals surface area contributed by atoms with Crippen molar-refractivity contribution in [2.75, 3.05) is 5.32 Å². The van der Waals surface area contributed by atoms with Crippen molar-refractivity contribution in [2.24, 2.45) is 0 Å². The standard InChI is InChI=1S/C17H20ClN3O4S2/c1-10-7-12(18)8-11(2)14(10)20-15(22)21-27(24,25)16-19-9-13(26-16)17(23)5-3-4-6-17/h7-9,23H,3-6H2,1-2H3,(H2,20,21,22). The Bertz CT molecular complexity index is 959. The number of benzene rings is 1. The molecule has 1 heterocycles. The molecule has 0 spiro atoms. The molecule has 146 valence electrons. The Hall–Kier alpha value is -1.68. The first-order chi connectivity index (χ1) is 12.6. The second kappa shape index (κ2) is 7.38. The monoisotopic (exact) mass is 429 g/mol. The minimum absolute atomic E-state index is 0.252. The molecular weight excluding hydrogens is 410 g/mol. The van der Waals surface area contributed by atoms with Crippen LogP contribution in [0.15, 0.2) is 22.7 Å². The van der Waals surface area contributed by atoms with Crippen LogP contribution in [0.2, 0.25) is 5.02 Å². The topological polar surface area (TPSA) is 108 Å². The van der Waals surface area contributed by atoms with E-state index in [4.69, 9.17) is 11.6 Å². The zero-order chi connectivity index (χ0) is 19.8. The van der Waals surface area contributed by atoms with Gasteiger partial charge in [0.2, 0.25) is 4.34 Å². The fourth-order valence-electron chi connectivity index (χ4n) is 3.22. The van der Waals surface area contributed by atoms with Gasteiger partial charge in [-0.2, -0.15) is 8.42 Å². The summed E-state index contributed by atoms with van der Waals surface area (Å²) in [6.07, 6.45) is 4.30. The van der Waals surface area contributed by atoms with E-state index < -0.39 is 21.7 Å². The molecule has 1 fully saturated rings. The van der Waals surface area contributed by atoms with Crippen LogP contribution in [0.25, 0.3) is 0 Å². The molecular formula is C17H20ClN3O4S2. The SMILES string of the molecule is Cc1cc(Cl)cc(C)c1NC(=O)NS(=O)(=O)c1ncc(C2(O)CCCC2)s1. The number of aromatic nitrogens is 1. The summed E-state index contributed by atoms with van der Waals surface area (Å²) < 4.78 is 26.6. The van der Waals surface area contributed by atoms with Gasteiger partial charge in [-0.05, 0) is 49.9 Å². The molecule has 1 aromatic heterocycles. The van der Waals surface area contributed by atoms with Crippen molar-refractivity contribution in [3.63, 3.8) is 0 Å². The van der Waals surface area contributed by atoms with E-state index in [1.54, 1.807) is 26.0 Å². The number of aryl methyl sites for hydroxylation is 2. The molecule has 0 saturated heterocycles. The second-order valence-corrected chi connectivity index (χ2v) is 10.0. The molecule has 0 atom stereocenters. The fourth-order valence-corrected chi connectivity index (χ4v) is 5.74. The van der Waals surface area contributed by atoms with Gasteiger partial charge in [0, 0.05) is 16.9 Å². The number of nitrogens with zero attached hydrogens (tertiary/aromatic N) is 1. The van der Waals surface area contributed by atoms with Crippen molar-refractivity contribution < 1.29 is 18.3 Å². The number of halogens is 1. The summed E-state index contributed by atoms with van der Waals surface area (Å²) in [7, 11) is -4.14. The van der Waals surface area contributed by atoms with Crippen LogP contribution >= 0.6 is 22.9 Å². The molecule has 1 aliphatic rings. The van der Waals surface area contributed by atoms with Gasteiger partial charge in [0.25, 0.3) is 10.0 Å². The minimum Gasteiger partial charge on any atom is -0.384 e. The van der Waals surface area contributed by atoms with Gasteiger partial charge >= 0.3 is 6.03 Å². The normalized spacial score (nSPS) is 16.3. The summed E-state index contributed by atoms with van der Waals surface area (Å²) >= 11 is 6.84. The van der Waals surface area contributed by atoms with Crippen LogP contribution in [0.5, 0.6) is 0 Å². The maximum atomic E-state index is 12.5. The summed E-state index contributed by atoms with van der Waals surface area (Å²) in [4.78, 5) is 16.6. The third-order valence-electron chi connectivity index (χ3n) is 4.57. The number of nitrogens with one attached hydrogen (secondary N) is 2. The number of urea groups is 1. The van der Waals surface area contributed by atoms with Gasteiger partial charge in [0.1, 0.15) is 5.60 Å². The van der Waals surface area contributed by atoms with E-state index in [0.717, 1.165) is 24.2 Å². The predicted molar refractivity (Wildman–Crippen MR) is 105 cm³/mol. The number of thiazole rings is 1. The van der Waals surface area contributed by atoms with Gasteiger partial charge in [0.05, 0.1) is 4.88 Å². The van der Waals surface area contributed by atoms with E-state index in [9.17, 15) is 18.3 Å². The molecule has 1 aromatic carbocycles. The highest BCUT2D eigenvalue weighted by atomic mass is 35.5. The van der Waals surface area contributed by atoms with Crippen molar-refractivity contribution in [2.45, 2.75) is 49.5 Å². The van der Waals surface area contributed by atoms with E-state index in [2.05, 4.69) is 10.3 Å². The highest BCUT2D eigenvalue weighted by Crippen LogP contribution is 2.41. The minimum atomic E-state index is -4.14. The summed E-state index contributed by atoms with van der Waals surface area (Å²) in [5.74, 6) is 0. The molecule has 27 heavy (non-hydrogen) atoms. The van der Waals surface area contributed by atoms with Crippen LogP contribution in [-0.4, -0.2) is 24.5 Å². The van der Waals surface area contributed by atoms with Gasteiger partial charge < -0.3 is 10.4 Å². The molecule has 2 aromatic rings. The number of sulfonamides is 1. The molecule has 7 nitrogen and oxygen atoms in total. The number of amides is 2. The summed E-state index contributed by atoms with van der Waals surface area (Å²) in [6, 6.07) is 2.46. The zero-order valence-corrected chi connectivity index (χ0v) is 17.3. The molecule has 2 amide bonds. The van der Waals surface area contributed by atoms with Gasteiger partial charge in [-0.15, -0.1) is 11.3 Å². The Morgan fingerprint density at radius 1 is 1.26 bits per heavy atom. The number of anilines is 1. The van der Waals surface area contributed by atoms with Crippen LogP contribution in [0.4, 0.5) is 10.5 Å². The van der Waals surface area contributed by atoms with Crippen molar-refractivity contribution >= 4 is 44.7 Å². The van der Waals surface area contributed by atoms with Gasteiger partial charge in [-0.25, -0.2) is 14.5 Å². The number of hydrogen-bond acceptors (Lipinski definition) is 6. The van der Waals surface area contributed by atoms with Crippen LogP contribution in [-0.2, 0) is 15.6 Å². The first-order valence-corrected chi connectivity index (χ1v) is 11.1. The molecule has 0 radical (unpaired) electrons. The molecule has 10 heteroatoms. The van der Waals surface area contributed by atoms with E-state index in [1.807, 2.05) is 4.72 Å². The number of hydrogen-bond donors (Lipinski definition) is 3. The second-order valence-electron chi connectivity index (χ2n) is 6.70. The van der Waals surface area contributed by atoms with Crippen LogP contribution < -0.4 is 10.0 Å². The first kappa shape index (κ1) is 20.1. The number of aliphatic hydroxyl groups is 1. The lowest BCUT2D eigenvalue weighted by Gasteiger charge is -2.19. The molecule has 3 N–H and O–H groups in total. The number of carbonyl (C=O) groups excluding carboxylic acids is 1. The molecule has 1 saturated carbocycles. The van der Waals surface area contributed by atoms with E-state index in [-0.39, 0.29) is 4.34 Å². The van der Waals surface area contributed by atoms with E-state index in [1.165, 1.54) is 6.20 Å². The average Bonchev–Trinajstić information content (AvgIpc) is 3.20. The molecule has 0 bridgehead atoms. The fraction of sp³-hybridized carbons (Fsp3) is 0.412. The smallest absolute Gasteiger partial charge is 0.333 e. The number of carbonyl (C=O) groups is 1. The largest absolute Gasteiger partial charge is 0.384 e. The molecule has 0 unspecified atom stereocenters. The molecule has 1 aliphatic carbocycles. The third-order valence-corrected chi connectivity index (χ3v) is 7.70. The van der Waals surface area contributed by atoms with Gasteiger partial charge in [-0.3, -0.25) is 0 Å². The number of rotatable bonds is 4. The Morgan fingerprint density at radius 2 is 1.85 bits per heavy atom. The Morgan fingerprint density at radius 3 is 2.44 bits per heavy atom. The highest BCUT2D eigenvalue weighted by Gasteiger charge is 2.36. The quantitative estimate of drug-likeness (QED) is 0.686. The van der Waals surface area contributed by atoms with E-state index >= 15 is 0 Å². The molecule has 0 aliphatic heterocycles. The lowest BCUT2D eigenvalue weighted by molar-refractivity contribution is 0.0481. The summed E-state index contributed by atoms with van der Waals surface area (Å²) in [6.45, 7) is 3.52. The van der Waals surface area contributed by atoms with E-state index in [0.29, 0.717) is 39.6 Å². The lowest BCUT2D eigenvalue weighted by Crippen LogP contribution is -2.34. The van der Waals surface area contributed by atoms with Crippen molar-refractivity contribution in [3.05, 3.63) is 39.4 Å². The molecule has 3 rings (SSSR count). The van der Waals surface area contributed by atoms with Gasteiger partial charge in [0.15, 0.2) is 0 Å². The predicted octanol–water partition coefficient (Wildman–Crippen LogP) is 3.69. The van der Waals surface area contributed by atoms with Crippen LogP contribution in [0.1, 0.15) is 41.7 Å². The Kier molecular flexibility index (Phi) is 5.49. The Labute approximate surface area is 166 Å². The summed E-state index contributed by atoms with van der Waals surface area (Å²) in [5, 5.41) is 13.6. The average molecular weight is 430 g/mol.